The lowest BCUT2D eigenvalue weighted by molar-refractivity contribution is 0.137. The highest BCUT2D eigenvalue weighted by atomic mass is 32.2. The second-order valence-electron chi connectivity index (χ2n) is 7.61. The van der Waals surface area contributed by atoms with Gasteiger partial charge in [0.25, 0.3) is 0 Å². The molecule has 0 amide bonds. The van der Waals surface area contributed by atoms with Gasteiger partial charge in [0, 0.05) is 23.9 Å². The van der Waals surface area contributed by atoms with Crippen LogP contribution in [-0.2, 0) is 10.0 Å². The van der Waals surface area contributed by atoms with E-state index in [0.29, 0.717) is 9.90 Å². The molecular formula is C21H24N2O6S2. The molecule has 1 saturated carbocycles. The fraction of sp³-hybridized carbons (Fsp3) is 0.333. The molecule has 0 saturated heterocycles. The summed E-state index contributed by atoms with van der Waals surface area (Å²) < 4.78 is 34.1. The van der Waals surface area contributed by atoms with Crippen LogP contribution in [0.1, 0.15) is 43.9 Å². The van der Waals surface area contributed by atoms with Crippen molar-refractivity contribution in [3.8, 4) is 10.6 Å². The molecule has 166 valence electrons. The Morgan fingerprint density at radius 2 is 1.81 bits per heavy atom. The van der Waals surface area contributed by atoms with Crippen molar-refractivity contribution in [1.29, 1.82) is 0 Å². The number of sulfonamides is 1. The predicted octanol–water partition coefficient (Wildman–Crippen LogP) is 4.83. The van der Waals surface area contributed by atoms with E-state index in [-0.39, 0.29) is 23.8 Å². The molecule has 4 rings (SSSR count). The summed E-state index contributed by atoms with van der Waals surface area (Å²) in [4.78, 5) is 9.34. The summed E-state index contributed by atoms with van der Waals surface area (Å²) in [5, 5.41) is 18.0. The molecule has 0 bridgehead atoms. The highest BCUT2D eigenvalue weighted by Gasteiger charge is 2.49. The molecule has 0 unspecified atom stereocenters. The summed E-state index contributed by atoms with van der Waals surface area (Å²) in [6, 6.07) is 15.3. The fourth-order valence-corrected chi connectivity index (χ4v) is 5.97. The maximum absolute atomic E-state index is 12.8. The topological polar surface area (TPSA) is 130 Å². The Kier molecular flexibility index (Phi) is 6.83. The van der Waals surface area contributed by atoms with Gasteiger partial charge in [0.05, 0.1) is 4.88 Å². The fourth-order valence-electron chi connectivity index (χ4n) is 3.35. The van der Waals surface area contributed by atoms with Crippen molar-refractivity contribution in [3.63, 3.8) is 0 Å². The summed E-state index contributed by atoms with van der Waals surface area (Å²) in [5.74, 6) is 1.54. The highest BCUT2D eigenvalue weighted by Crippen LogP contribution is 2.48. The van der Waals surface area contributed by atoms with Gasteiger partial charge >= 0.3 is 6.16 Å². The van der Waals surface area contributed by atoms with Crippen molar-refractivity contribution < 1.29 is 27.9 Å². The van der Waals surface area contributed by atoms with Crippen molar-refractivity contribution in [3.05, 3.63) is 59.9 Å². The van der Waals surface area contributed by atoms with E-state index in [1.54, 1.807) is 12.1 Å². The molecular weight excluding hydrogens is 440 g/mol. The third kappa shape index (κ3) is 5.52. The molecule has 0 radical (unpaired) electrons. The quantitative estimate of drug-likeness (QED) is 0.476. The Morgan fingerprint density at radius 3 is 2.39 bits per heavy atom. The van der Waals surface area contributed by atoms with Crippen molar-refractivity contribution in [2.24, 2.45) is 5.92 Å². The van der Waals surface area contributed by atoms with Crippen LogP contribution in [-0.4, -0.2) is 36.0 Å². The van der Waals surface area contributed by atoms with E-state index in [2.05, 4.69) is 28.9 Å². The third-order valence-electron chi connectivity index (χ3n) is 5.05. The van der Waals surface area contributed by atoms with E-state index in [1.807, 2.05) is 38.1 Å². The Hall–Kier alpha value is -2.69. The molecule has 2 aromatic heterocycles. The van der Waals surface area contributed by atoms with E-state index >= 15 is 0 Å². The van der Waals surface area contributed by atoms with Gasteiger partial charge in [0.2, 0.25) is 10.0 Å². The first-order valence-electron chi connectivity index (χ1n) is 9.66. The van der Waals surface area contributed by atoms with Crippen molar-refractivity contribution in [2.75, 3.05) is 0 Å². The summed E-state index contributed by atoms with van der Waals surface area (Å²) >= 11 is 1.21. The second-order valence-corrected chi connectivity index (χ2v) is 10.6. The van der Waals surface area contributed by atoms with Crippen LogP contribution in [0.25, 0.3) is 10.6 Å². The molecule has 0 aliphatic heterocycles. The van der Waals surface area contributed by atoms with Crippen molar-refractivity contribution in [2.45, 2.75) is 42.9 Å². The van der Waals surface area contributed by atoms with E-state index < -0.39 is 16.2 Å². The SMILES string of the molecule is CC(C)c1cc(-c2ccc(S(=O)(=O)N[C@H]3[C@H](C)[C@@H]3c3ccccc3)s2)no1.O=C(O)O. The Balaban J connectivity index is 0.000000628. The molecule has 1 aliphatic rings. The number of hydrogen-bond acceptors (Lipinski definition) is 6. The standard InChI is InChI=1S/C20H22N2O3S2.CH2O3/c1-12(2)16-11-15(21-25-16)17-9-10-18(26-17)27(23,24)22-20-13(3)19(20)14-7-5-4-6-8-14;2-1(3)4/h4-13,19-20,22H,1-3H3;(H2,2,3,4)/t13-,19-,20+;/m1./s1. The van der Waals surface area contributed by atoms with Gasteiger partial charge in [-0.05, 0) is 23.6 Å². The number of carboxylic acid groups (broad SMARTS) is 2. The van der Waals surface area contributed by atoms with Crippen LogP contribution in [0.4, 0.5) is 4.79 Å². The van der Waals surface area contributed by atoms with Crippen molar-refractivity contribution >= 4 is 27.5 Å². The molecule has 1 aliphatic carbocycles. The van der Waals surface area contributed by atoms with Gasteiger partial charge in [-0.15, -0.1) is 11.3 Å². The van der Waals surface area contributed by atoms with Crippen LogP contribution in [0.15, 0.2) is 57.3 Å². The number of nitrogens with one attached hydrogen (secondary N) is 1. The first-order valence-corrected chi connectivity index (χ1v) is 12.0. The minimum absolute atomic E-state index is 0.0671. The summed E-state index contributed by atoms with van der Waals surface area (Å²) in [7, 11) is -3.56. The maximum Gasteiger partial charge on any atom is 0.503 e. The van der Waals surface area contributed by atoms with E-state index in [9.17, 15) is 8.42 Å². The first-order chi connectivity index (χ1) is 14.6. The minimum atomic E-state index is -3.56. The number of rotatable bonds is 6. The predicted molar refractivity (Wildman–Crippen MR) is 117 cm³/mol. The number of nitrogens with zero attached hydrogens (tertiary/aromatic N) is 1. The molecule has 8 nitrogen and oxygen atoms in total. The van der Waals surface area contributed by atoms with Gasteiger partial charge in [-0.2, -0.15) is 0 Å². The number of aromatic nitrogens is 1. The lowest BCUT2D eigenvalue weighted by atomic mass is 10.1. The van der Waals surface area contributed by atoms with Gasteiger partial charge in [-0.25, -0.2) is 17.9 Å². The minimum Gasteiger partial charge on any atom is -0.450 e. The number of hydrogen-bond donors (Lipinski definition) is 3. The Labute approximate surface area is 184 Å². The van der Waals surface area contributed by atoms with Crippen LogP contribution in [0.5, 0.6) is 0 Å². The van der Waals surface area contributed by atoms with Gasteiger partial charge in [-0.3, -0.25) is 0 Å². The summed E-state index contributed by atoms with van der Waals surface area (Å²) in [6.45, 7) is 6.13. The molecule has 1 fully saturated rings. The third-order valence-corrected chi connectivity index (χ3v) is 8.11. The molecule has 3 aromatic rings. The average molecular weight is 465 g/mol. The van der Waals surface area contributed by atoms with E-state index in [0.717, 1.165) is 10.6 Å². The number of carbonyl (C=O) groups is 1. The normalized spacial score (nSPS) is 20.2. The van der Waals surface area contributed by atoms with Crippen LogP contribution in [0.2, 0.25) is 0 Å². The summed E-state index contributed by atoms with van der Waals surface area (Å²) in [5.41, 5.74) is 1.85. The van der Waals surface area contributed by atoms with Gasteiger partial charge < -0.3 is 14.7 Å². The van der Waals surface area contributed by atoms with Gasteiger partial charge in [-0.1, -0.05) is 56.3 Å². The Morgan fingerprint density at radius 1 is 1.16 bits per heavy atom. The monoisotopic (exact) mass is 464 g/mol. The average Bonchev–Trinajstić information content (AvgIpc) is 3.15. The largest absolute Gasteiger partial charge is 0.503 e. The number of thiophene rings is 1. The van der Waals surface area contributed by atoms with Gasteiger partial charge in [0.15, 0.2) is 0 Å². The van der Waals surface area contributed by atoms with Crippen LogP contribution in [0.3, 0.4) is 0 Å². The Bertz CT molecular complexity index is 1130. The van der Waals surface area contributed by atoms with E-state index in [4.69, 9.17) is 19.5 Å². The maximum atomic E-state index is 12.8. The zero-order valence-electron chi connectivity index (χ0n) is 17.2. The first kappa shape index (κ1) is 23.0. The second kappa shape index (κ2) is 9.21. The summed E-state index contributed by atoms with van der Waals surface area (Å²) in [6.07, 6.45) is -1.83. The molecule has 3 N–H and O–H groups in total. The van der Waals surface area contributed by atoms with Crippen LogP contribution >= 0.6 is 11.3 Å². The molecule has 3 atom stereocenters. The van der Waals surface area contributed by atoms with E-state index in [1.165, 1.54) is 16.9 Å². The number of benzene rings is 1. The molecule has 2 heterocycles. The molecule has 0 spiro atoms. The van der Waals surface area contributed by atoms with Crippen LogP contribution in [0, 0.1) is 5.92 Å². The van der Waals surface area contributed by atoms with Gasteiger partial charge in [0.1, 0.15) is 15.7 Å². The zero-order valence-corrected chi connectivity index (χ0v) is 18.9. The van der Waals surface area contributed by atoms with Crippen LogP contribution < -0.4 is 4.72 Å². The lowest BCUT2D eigenvalue weighted by Crippen LogP contribution is -2.27. The highest BCUT2D eigenvalue weighted by molar-refractivity contribution is 7.91. The molecule has 10 heteroatoms. The zero-order chi connectivity index (χ0) is 22.8. The lowest BCUT2D eigenvalue weighted by Gasteiger charge is -2.04. The molecule has 1 aromatic carbocycles. The smallest absolute Gasteiger partial charge is 0.450 e. The van der Waals surface area contributed by atoms with Crippen molar-refractivity contribution in [1.82, 2.24) is 9.88 Å². The molecule has 31 heavy (non-hydrogen) atoms.